The number of nitrogens with one attached hydrogen (secondary N) is 2. The van der Waals surface area contributed by atoms with Gasteiger partial charge in [-0.15, -0.1) is 0 Å². The first kappa shape index (κ1) is 16.1. The second kappa shape index (κ2) is 7.27. The zero-order valence-electron chi connectivity index (χ0n) is 14.2. The molecule has 5 nitrogen and oxygen atoms in total. The van der Waals surface area contributed by atoms with E-state index in [1.165, 1.54) is 0 Å². The van der Waals surface area contributed by atoms with Gasteiger partial charge in [-0.05, 0) is 41.3 Å². The number of aromatic amines is 1. The summed E-state index contributed by atoms with van der Waals surface area (Å²) in [7, 11) is 0. The Morgan fingerprint density at radius 2 is 2.00 bits per heavy atom. The van der Waals surface area contributed by atoms with Gasteiger partial charge < -0.3 is 14.7 Å². The van der Waals surface area contributed by atoms with Gasteiger partial charge in [0.25, 0.3) is 0 Å². The van der Waals surface area contributed by atoms with E-state index in [0.717, 1.165) is 27.7 Å². The molecule has 2 heterocycles. The Balaban J connectivity index is 1.57. The number of fused-ring (bicyclic) bond motifs is 1. The molecular weight excluding hydrogens is 326 g/mol. The van der Waals surface area contributed by atoms with E-state index in [-0.39, 0.29) is 11.9 Å². The third-order valence-electron chi connectivity index (χ3n) is 4.44. The number of aryl methyl sites for hydroxylation is 1. The summed E-state index contributed by atoms with van der Waals surface area (Å²) in [6.45, 7) is 0. The number of benzene rings is 2. The van der Waals surface area contributed by atoms with Gasteiger partial charge in [0.2, 0.25) is 5.91 Å². The Labute approximate surface area is 151 Å². The smallest absolute Gasteiger partial charge is 0.221 e. The van der Waals surface area contributed by atoms with Crippen LogP contribution < -0.4 is 5.32 Å². The minimum Gasteiger partial charge on any atom is -0.472 e. The van der Waals surface area contributed by atoms with E-state index in [2.05, 4.69) is 15.3 Å². The number of amides is 1. The van der Waals surface area contributed by atoms with Gasteiger partial charge in [0.1, 0.15) is 0 Å². The quantitative estimate of drug-likeness (QED) is 0.555. The Bertz CT molecular complexity index is 990. The number of carbonyl (C=O) groups is 1. The summed E-state index contributed by atoms with van der Waals surface area (Å²) in [6, 6.07) is 17.7. The summed E-state index contributed by atoms with van der Waals surface area (Å²) in [6.07, 6.45) is 6.04. The zero-order chi connectivity index (χ0) is 17.8. The summed E-state index contributed by atoms with van der Waals surface area (Å²) in [5.74, 6) is 0.00441. The number of H-pyrrole nitrogens is 1. The third kappa shape index (κ3) is 3.52. The second-order valence-corrected chi connectivity index (χ2v) is 6.22. The van der Waals surface area contributed by atoms with Crippen LogP contribution in [0.2, 0.25) is 0 Å². The average molecular weight is 345 g/mol. The van der Waals surface area contributed by atoms with E-state index in [1.807, 2.05) is 54.6 Å². The molecule has 0 saturated carbocycles. The summed E-state index contributed by atoms with van der Waals surface area (Å²) in [5.41, 5.74) is 4.95. The lowest BCUT2D eigenvalue weighted by Crippen LogP contribution is -2.29. The zero-order valence-corrected chi connectivity index (χ0v) is 14.2. The molecule has 130 valence electrons. The molecule has 1 unspecified atom stereocenters. The monoisotopic (exact) mass is 345 g/mol. The Hall–Kier alpha value is -3.34. The first-order valence-electron chi connectivity index (χ1n) is 8.58. The number of aromatic nitrogens is 2. The molecule has 2 aromatic heterocycles. The highest BCUT2D eigenvalue weighted by molar-refractivity contribution is 5.78. The number of carbonyl (C=O) groups excluding carboxylic acids is 1. The molecule has 0 aliphatic carbocycles. The van der Waals surface area contributed by atoms with Gasteiger partial charge in [0, 0.05) is 6.42 Å². The van der Waals surface area contributed by atoms with Crippen molar-refractivity contribution in [2.75, 3.05) is 0 Å². The van der Waals surface area contributed by atoms with Crippen LogP contribution in [-0.2, 0) is 11.2 Å². The highest BCUT2D eigenvalue weighted by Gasteiger charge is 2.17. The number of rotatable bonds is 6. The van der Waals surface area contributed by atoms with E-state index in [1.54, 1.807) is 18.9 Å². The molecule has 26 heavy (non-hydrogen) atoms. The minimum absolute atomic E-state index is 0.00441. The Morgan fingerprint density at radius 3 is 2.81 bits per heavy atom. The van der Waals surface area contributed by atoms with Crippen LogP contribution in [0.3, 0.4) is 0 Å². The molecule has 5 heteroatoms. The van der Waals surface area contributed by atoms with Gasteiger partial charge in [0.15, 0.2) is 0 Å². The van der Waals surface area contributed by atoms with Crippen molar-refractivity contribution >= 4 is 16.9 Å². The van der Waals surface area contributed by atoms with Crippen LogP contribution in [0.5, 0.6) is 0 Å². The van der Waals surface area contributed by atoms with Crippen molar-refractivity contribution in [1.82, 2.24) is 15.3 Å². The molecule has 0 fully saturated rings. The minimum atomic E-state index is -0.208. The van der Waals surface area contributed by atoms with Crippen LogP contribution in [0, 0.1) is 0 Å². The van der Waals surface area contributed by atoms with Crippen molar-refractivity contribution in [3.8, 4) is 0 Å². The highest BCUT2D eigenvalue weighted by atomic mass is 16.3. The Kier molecular flexibility index (Phi) is 4.51. The van der Waals surface area contributed by atoms with Crippen LogP contribution in [0.25, 0.3) is 11.0 Å². The third-order valence-corrected chi connectivity index (χ3v) is 4.44. The standard InChI is InChI=1S/C21H19N3O2/c25-20(9-6-15-10-11-26-13-15)24-21(16-4-2-1-3-5-16)17-7-8-18-19(12-17)23-14-22-18/h1-5,7-8,10-14,21H,6,9H2,(H,22,23)(H,24,25). The molecule has 0 saturated heterocycles. The maximum absolute atomic E-state index is 12.5. The van der Waals surface area contributed by atoms with Gasteiger partial charge in [-0.1, -0.05) is 36.4 Å². The van der Waals surface area contributed by atoms with Gasteiger partial charge in [-0.2, -0.15) is 0 Å². The molecule has 0 aliphatic heterocycles. The fourth-order valence-corrected chi connectivity index (χ4v) is 3.06. The normalized spacial score (nSPS) is 12.2. The van der Waals surface area contributed by atoms with Crippen molar-refractivity contribution in [3.05, 3.63) is 90.1 Å². The lowest BCUT2D eigenvalue weighted by atomic mass is 9.98. The van der Waals surface area contributed by atoms with Gasteiger partial charge in [0.05, 0.1) is 35.9 Å². The SMILES string of the molecule is O=C(CCc1ccoc1)NC(c1ccccc1)c1ccc2nc[nH]c2c1. The molecule has 2 aromatic carbocycles. The maximum Gasteiger partial charge on any atom is 0.221 e. The second-order valence-electron chi connectivity index (χ2n) is 6.22. The van der Waals surface area contributed by atoms with Crippen molar-refractivity contribution in [1.29, 1.82) is 0 Å². The van der Waals surface area contributed by atoms with Crippen LogP contribution in [0.4, 0.5) is 0 Å². The molecule has 0 spiro atoms. The van der Waals surface area contributed by atoms with E-state index in [4.69, 9.17) is 4.42 Å². The maximum atomic E-state index is 12.5. The molecular formula is C21H19N3O2. The molecule has 0 aliphatic rings. The van der Waals surface area contributed by atoms with E-state index >= 15 is 0 Å². The largest absolute Gasteiger partial charge is 0.472 e. The number of nitrogens with zero attached hydrogens (tertiary/aromatic N) is 1. The summed E-state index contributed by atoms with van der Waals surface area (Å²) in [4.78, 5) is 19.9. The van der Waals surface area contributed by atoms with Crippen molar-refractivity contribution in [2.24, 2.45) is 0 Å². The molecule has 2 N–H and O–H groups in total. The van der Waals surface area contributed by atoms with E-state index < -0.39 is 0 Å². The van der Waals surface area contributed by atoms with Crippen molar-refractivity contribution in [3.63, 3.8) is 0 Å². The van der Waals surface area contributed by atoms with Gasteiger partial charge in [-0.3, -0.25) is 4.79 Å². The summed E-state index contributed by atoms with van der Waals surface area (Å²) < 4.78 is 5.06. The van der Waals surface area contributed by atoms with Gasteiger partial charge >= 0.3 is 0 Å². The lowest BCUT2D eigenvalue weighted by molar-refractivity contribution is -0.121. The van der Waals surface area contributed by atoms with Crippen LogP contribution in [0.1, 0.15) is 29.2 Å². The fourth-order valence-electron chi connectivity index (χ4n) is 3.06. The average Bonchev–Trinajstić information content (AvgIpc) is 3.36. The van der Waals surface area contributed by atoms with Crippen molar-refractivity contribution < 1.29 is 9.21 Å². The molecule has 0 radical (unpaired) electrons. The number of furan rings is 1. The van der Waals surface area contributed by atoms with E-state index in [0.29, 0.717) is 12.8 Å². The predicted octanol–water partition coefficient (Wildman–Crippen LogP) is 3.99. The Morgan fingerprint density at radius 1 is 1.12 bits per heavy atom. The lowest BCUT2D eigenvalue weighted by Gasteiger charge is -2.20. The summed E-state index contributed by atoms with van der Waals surface area (Å²) >= 11 is 0. The highest BCUT2D eigenvalue weighted by Crippen LogP contribution is 2.24. The molecule has 4 rings (SSSR count). The molecule has 4 aromatic rings. The first-order valence-corrected chi connectivity index (χ1v) is 8.58. The van der Waals surface area contributed by atoms with Crippen molar-refractivity contribution in [2.45, 2.75) is 18.9 Å². The fraction of sp³-hybridized carbons (Fsp3) is 0.143. The summed E-state index contributed by atoms with van der Waals surface area (Å²) in [5, 5.41) is 3.17. The number of imidazole rings is 1. The topological polar surface area (TPSA) is 70.9 Å². The van der Waals surface area contributed by atoms with Gasteiger partial charge in [-0.25, -0.2) is 4.98 Å². The molecule has 1 amide bonds. The predicted molar refractivity (Wildman–Crippen MR) is 99.6 cm³/mol. The number of hydrogen-bond acceptors (Lipinski definition) is 3. The molecule has 1 atom stereocenters. The van der Waals surface area contributed by atoms with Crippen LogP contribution >= 0.6 is 0 Å². The van der Waals surface area contributed by atoms with Crippen LogP contribution in [-0.4, -0.2) is 15.9 Å². The van der Waals surface area contributed by atoms with E-state index in [9.17, 15) is 4.79 Å². The number of hydrogen-bond donors (Lipinski definition) is 2. The molecule has 0 bridgehead atoms. The first-order chi connectivity index (χ1) is 12.8. The van der Waals surface area contributed by atoms with Crippen LogP contribution in [0.15, 0.2) is 77.9 Å².